The van der Waals surface area contributed by atoms with Crippen molar-refractivity contribution in [3.63, 3.8) is 0 Å². The lowest BCUT2D eigenvalue weighted by Gasteiger charge is -2.56. The van der Waals surface area contributed by atoms with Gasteiger partial charge in [-0.1, -0.05) is 200 Å². The van der Waals surface area contributed by atoms with E-state index in [1.807, 2.05) is 59.8 Å². The van der Waals surface area contributed by atoms with Crippen molar-refractivity contribution in [2.45, 2.75) is 39.1 Å². The van der Waals surface area contributed by atoms with Crippen LogP contribution >= 0.6 is 12.2 Å². The number of sulfonamides is 1. The molecule has 9 aromatic rings. The van der Waals surface area contributed by atoms with Crippen molar-refractivity contribution in [2.75, 3.05) is 13.1 Å². The number of hydrogen-bond acceptors (Lipinski definition) is 6. The van der Waals surface area contributed by atoms with Crippen LogP contribution < -0.4 is 5.32 Å². The van der Waals surface area contributed by atoms with Gasteiger partial charge in [0.05, 0.1) is 51.6 Å². The number of fused-ring (bicyclic) bond motifs is 1. The van der Waals surface area contributed by atoms with E-state index in [-0.39, 0.29) is 46.9 Å². The molecule has 7 aromatic carbocycles. The van der Waals surface area contributed by atoms with Crippen LogP contribution in [0.25, 0.3) is 0 Å². The standard InChI is InChI=1S/C60H51N7O3S2/c68-56-60(65-57(71)67(56)53-49-38-66(39-50(49)53)72(69,70)48-34-20-7-21-35-48,54(51-36-61-40-63-51)58(42-22-8-1-9-23-42,43-24-10-2-11-25-43)44-26-12-3-13-27-44)55(52-37-62-41-64-52)59(45-28-14-4-15-29-45,46-30-16-5-17-31-46)47-32-18-6-19-33-47/h1-37,40-41,49-50,53-55H,38-39H2,(H,61,63)(H,62,64)(H,65,71). The second-order valence-corrected chi connectivity index (χ2v) is 21.4. The average Bonchev–Trinajstić information content (AvgIpc) is 4.09. The first-order valence-corrected chi connectivity index (χ1v) is 26.2. The SMILES string of the molecule is O=C1N(C2C3CN(S(=O)(=O)c4ccccc4)CC32)C(=S)NC1(C(c1c[nH]cn1)C(c1ccccc1)(c1ccccc1)c1ccccc1)C(c1c[nH]cn1)C(c1ccccc1)(c1ccccc1)c1ccccc1. The quantitative estimate of drug-likeness (QED) is 0.0690. The zero-order valence-corrected chi connectivity index (χ0v) is 40.8. The lowest BCUT2D eigenvalue weighted by Crippen LogP contribution is -2.66. The second kappa shape index (κ2) is 18.1. The van der Waals surface area contributed by atoms with E-state index in [1.54, 1.807) is 41.2 Å². The van der Waals surface area contributed by atoms with Gasteiger partial charge in [-0.15, -0.1) is 0 Å². The molecule has 0 spiro atoms. The van der Waals surface area contributed by atoms with Gasteiger partial charge in [0, 0.05) is 43.4 Å². The molecule has 1 amide bonds. The molecule has 1 aliphatic carbocycles. The van der Waals surface area contributed by atoms with Gasteiger partial charge in [-0.3, -0.25) is 9.69 Å². The monoisotopic (exact) mass is 981 g/mol. The molecule has 3 fully saturated rings. The van der Waals surface area contributed by atoms with Crippen LogP contribution in [-0.2, 0) is 25.6 Å². The molecule has 2 saturated heterocycles. The Morgan fingerprint density at radius 2 is 0.833 bits per heavy atom. The second-order valence-electron chi connectivity index (χ2n) is 19.1. The smallest absolute Gasteiger partial charge is 0.256 e. The first-order valence-electron chi connectivity index (χ1n) is 24.3. The maximum absolute atomic E-state index is 17.8. The van der Waals surface area contributed by atoms with E-state index in [2.05, 4.69) is 161 Å². The minimum atomic E-state index is -3.79. The molecule has 12 rings (SSSR count). The first-order chi connectivity index (χ1) is 35.3. The zero-order valence-electron chi connectivity index (χ0n) is 39.1. The summed E-state index contributed by atoms with van der Waals surface area (Å²) < 4.78 is 29.8. The van der Waals surface area contributed by atoms with Crippen molar-refractivity contribution in [2.24, 2.45) is 11.8 Å². The Morgan fingerprint density at radius 1 is 0.514 bits per heavy atom. The Bertz CT molecular complexity index is 3060. The van der Waals surface area contributed by atoms with Gasteiger partial charge in [-0.2, -0.15) is 4.31 Å². The molecule has 0 bridgehead atoms. The summed E-state index contributed by atoms with van der Waals surface area (Å²) in [5.74, 6) is -2.40. The molecular formula is C60H51N7O3S2. The number of aromatic nitrogens is 4. The zero-order chi connectivity index (χ0) is 48.9. The van der Waals surface area contributed by atoms with Gasteiger partial charge in [0.2, 0.25) is 10.0 Å². The number of rotatable bonds is 15. The van der Waals surface area contributed by atoms with E-state index < -0.39 is 38.2 Å². The highest BCUT2D eigenvalue weighted by atomic mass is 32.2. The molecule has 3 aliphatic rings. The van der Waals surface area contributed by atoms with E-state index in [0.29, 0.717) is 11.4 Å². The topological polar surface area (TPSA) is 127 Å². The molecule has 4 atom stereocenters. The number of carbonyl (C=O) groups is 1. The van der Waals surface area contributed by atoms with Crippen molar-refractivity contribution >= 4 is 33.3 Å². The van der Waals surface area contributed by atoms with Crippen LogP contribution in [0.1, 0.15) is 56.6 Å². The first kappa shape index (κ1) is 45.4. The van der Waals surface area contributed by atoms with Crippen LogP contribution in [-0.4, -0.2) is 73.2 Å². The van der Waals surface area contributed by atoms with Crippen LogP contribution in [0, 0.1) is 11.8 Å². The average molecular weight is 982 g/mol. The van der Waals surface area contributed by atoms with Gasteiger partial charge in [0.25, 0.3) is 5.91 Å². The molecule has 2 aliphatic heterocycles. The highest BCUT2D eigenvalue weighted by molar-refractivity contribution is 7.89. The summed E-state index contributed by atoms with van der Waals surface area (Å²) in [5.41, 5.74) is 2.72. The number of amides is 1. The highest BCUT2D eigenvalue weighted by Crippen LogP contribution is 2.65. The molecule has 72 heavy (non-hydrogen) atoms. The summed E-state index contributed by atoms with van der Waals surface area (Å²) in [6, 6.07) is 70.8. The maximum atomic E-state index is 17.8. The fourth-order valence-electron chi connectivity index (χ4n) is 12.8. The molecule has 10 nitrogen and oxygen atoms in total. The third-order valence-corrected chi connectivity index (χ3v) is 17.8. The predicted octanol–water partition coefficient (Wildman–Crippen LogP) is 9.84. The Balaban J connectivity index is 1.20. The molecule has 3 N–H and O–H groups in total. The Kier molecular flexibility index (Phi) is 11.4. The number of benzene rings is 7. The van der Waals surface area contributed by atoms with Crippen LogP contribution in [0.2, 0.25) is 0 Å². The number of piperidine rings is 1. The van der Waals surface area contributed by atoms with E-state index >= 15 is 4.79 Å². The van der Waals surface area contributed by atoms with Crippen LogP contribution in [0.5, 0.6) is 0 Å². The third kappa shape index (κ3) is 6.95. The number of carbonyl (C=O) groups excluding carboxylic acids is 1. The normalized spacial score (nSPS) is 20.9. The summed E-state index contributed by atoms with van der Waals surface area (Å²) in [6.45, 7) is 0.503. The Hall–Kier alpha value is -7.77. The fourth-order valence-corrected chi connectivity index (χ4v) is 14.8. The number of H-pyrrole nitrogens is 2. The van der Waals surface area contributed by atoms with Gasteiger partial charge in [-0.05, 0) is 57.7 Å². The number of imidazole rings is 2. The van der Waals surface area contributed by atoms with Gasteiger partial charge >= 0.3 is 0 Å². The van der Waals surface area contributed by atoms with E-state index in [0.717, 1.165) is 33.4 Å². The fraction of sp³-hybridized carbons (Fsp3) is 0.167. The molecule has 12 heteroatoms. The molecule has 1 saturated carbocycles. The van der Waals surface area contributed by atoms with Crippen molar-refractivity contribution in [1.29, 1.82) is 0 Å². The summed E-state index contributed by atoms with van der Waals surface area (Å²) in [5, 5.41) is 4.29. The largest absolute Gasteiger partial charge is 0.351 e. The van der Waals surface area contributed by atoms with Crippen molar-refractivity contribution < 1.29 is 13.2 Å². The van der Waals surface area contributed by atoms with Gasteiger partial charge in [0.15, 0.2) is 5.11 Å². The third-order valence-electron chi connectivity index (χ3n) is 15.7. The van der Waals surface area contributed by atoms with Crippen LogP contribution in [0.15, 0.2) is 242 Å². The van der Waals surface area contributed by atoms with Gasteiger partial charge < -0.3 is 15.3 Å². The van der Waals surface area contributed by atoms with E-state index in [9.17, 15) is 8.42 Å². The minimum absolute atomic E-state index is 0.167. The molecular weight excluding hydrogens is 931 g/mol. The number of aromatic amines is 2. The van der Waals surface area contributed by atoms with Gasteiger partial charge in [0.1, 0.15) is 5.54 Å². The number of hydrogen-bond donors (Lipinski definition) is 3. The molecule has 4 heterocycles. The summed E-state index contributed by atoms with van der Waals surface area (Å²) in [6.07, 6.45) is 7.22. The highest BCUT2D eigenvalue weighted by Gasteiger charge is 2.74. The minimum Gasteiger partial charge on any atom is -0.351 e. The van der Waals surface area contributed by atoms with E-state index in [4.69, 9.17) is 22.2 Å². The Labute approximate surface area is 424 Å². The molecule has 0 radical (unpaired) electrons. The predicted molar refractivity (Wildman–Crippen MR) is 282 cm³/mol. The van der Waals surface area contributed by atoms with E-state index in [1.165, 1.54) is 0 Å². The van der Waals surface area contributed by atoms with Crippen molar-refractivity contribution in [1.82, 2.24) is 34.5 Å². The van der Waals surface area contributed by atoms with Crippen molar-refractivity contribution in [3.05, 3.63) is 282 Å². The van der Waals surface area contributed by atoms with Crippen LogP contribution in [0.3, 0.4) is 0 Å². The summed E-state index contributed by atoms with van der Waals surface area (Å²) in [4.78, 5) is 37.1. The molecule has 4 unspecified atom stereocenters. The maximum Gasteiger partial charge on any atom is 0.256 e. The number of nitrogens with one attached hydrogen (secondary N) is 3. The lowest BCUT2D eigenvalue weighted by atomic mass is 9.47. The lowest BCUT2D eigenvalue weighted by molar-refractivity contribution is -0.135. The molecule has 2 aromatic heterocycles. The number of thiocarbonyl (C=S) groups is 1. The summed E-state index contributed by atoms with van der Waals surface area (Å²) in [7, 11) is -3.79. The summed E-state index contributed by atoms with van der Waals surface area (Å²) >= 11 is 6.69. The molecule has 356 valence electrons. The Morgan fingerprint density at radius 3 is 1.14 bits per heavy atom. The van der Waals surface area contributed by atoms with Crippen molar-refractivity contribution in [3.8, 4) is 0 Å². The van der Waals surface area contributed by atoms with Crippen LogP contribution in [0.4, 0.5) is 0 Å². The number of nitrogens with zero attached hydrogens (tertiary/aromatic N) is 4. The van der Waals surface area contributed by atoms with Gasteiger partial charge in [-0.25, -0.2) is 18.4 Å².